The van der Waals surface area contributed by atoms with Crippen LogP contribution in [-0.2, 0) is 0 Å². The zero-order valence-corrected chi connectivity index (χ0v) is 17.0. The van der Waals surface area contributed by atoms with Gasteiger partial charge in [0, 0.05) is 50.0 Å². The van der Waals surface area contributed by atoms with Gasteiger partial charge in [-0.1, -0.05) is 18.2 Å². The molecule has 1 aliphatic heterocycles. The normalized spacial score (nSPS) is 16.7. The Bertz CT molecular complexity index is 1060. The summed E-state index contributed by atoms with van der Waals surface area (Å²) in [6.45, 7) is 3.67. The maximum atomic E-state index is 12.7. The van der Waals surface area contributed by atoms with E-state index < -0.39 is 0 Å². The van der Waals surface area contributed by atoms with Gasteiger partial charge in [0.2, 0.25) is 0 Å². The number of rotatable bonds is 5. The molecule has 1 aromatic carbocycles. The summed E-state index contributed by atoms with van der Waals surface area (Å²) in [6, 6.07) is 17.5. The maximum Gasteiger partial charge on any atom is 0.253 e. The van der Waals surface area contributed by atoms with Crippen LogP contribution < -0.4 is 10.2 Å². The lowest BCUT2D eigenvalue weighted by Gasteiger charge is -2.36. The molecule has 1 aliphatic carbocycles. The first-order chi connectivity index (χ1) is 14.7. The van der Waals surface area contributed by atoms with Crippen molar-refractivity contribution in [1.82, 2.24) is 14.6 Å². The minimum atomic E-state index is -0.0123. The van der Waals surface area contributed by atoms with E-state index in [-0.39, 0.29) is 11.8 Å². The molecule has 1 N–H and O–H groups in total. The first-order valence-electron chi connectivity index (χ1n) is 10.7. The second-order valence-corrected chi connectivity index (χ2v) is 8.20. The summed E-state index contributed by atoms with van der Waals surface area (Å²) in [6.07, 6.45) is 4.37. The van der Waals surface area contributed by atoms with Gasteiger partial charge >= 0.3 is 0 Å². The lowest BCUT2D eigenvalue weighted by atomic mass is 10.2. The minimum absolute atomic E-state index is 0.0123. The largest absolute Gasteiger partial charge is 0.354 e. The number of anilines is 1. The van der Waals surface area contributed by atoms with E-state index in [0.29, 0.717) is 24.6 Å². The maximum absolute atomic E-state index is 12.7. The average molecular weight is 402 g/mol. The highest BCUT2D eigenvalue weighted by atomic mass is 16.2. The molecule has 0 bridgehead atoms. The molecule has 2 amide bonds. The van der Waals surface area contributed by atoms with Gasteiger partial charge in [-0.3, -0.25) is 9.59 Å². The van der Waals surface area contributed by atoms with Crippen molar-refractivity contribution in [3.8, 4) is 0 Å². The number of piperazine rings is 1. The molecule has 6 heteroatoms. The number of aromatic nitrogens is 1. The number of carbonyl (C=O) groups excluding carboxylic acids is 2. The van der Waals surface area contributed by atoms with Crippen LogP contribution >= 0.6 is 0 Å². The van der Waals surface area contributed by atoms with E-state index >= 15 is 0 Å². The first kappa shape index (κ1) is 18.7. The van der Waals surface area contributed by atoms with Crippen LogP contribution in [0.15, 0.2) is 60.8 Å². The average Bonchev–Trinajstić information content (AvgIpc) is 3.54. The molecule has 2 aromatic heterocycles. The van der Waals surface area contributed by atoms with E-state index in [1.165, 1.54) is 12.8 Å². The second-order valence-electron chi connectivity index (χ2n) is 8.20. The second kappa shape index (κ2) is 7.86. The number of nitrogens with one attached hydrogen (secondary N) is 1. The zero-order chi connectivity index (χ0) is 20.5. The Morgan fingerprint density at radius 1 is 0.867 bits per heavy atom. The minimum Gasteiger partial charge on any atom is -0.354 e. The number of benzene rings is 1. The Hall–Kier alpha value is -3.28. The molecule has 30 heavy (non-hydrogen) atoms. The van der Waals surface area contributed by atoms with Gasteiger partial charge in [-0.2, -0.15) is 0 Å². The highest BCUT2D eigenvalue weighted by Crippen LogP contribution is 2.28. The van der Waals surface area contributed by atoms with Crippen molar-refractivity contribution in [3.63, 3.8) is 0 Å². The smallest absolute Gasteiger partial charge is 0.253 e. The SMILES string of the molecule is O=C(NCC1CC1)c1ccc2ccc(N3CCN(C(=O)c4ccccc4)CC3)n2c1. The third kappa shape index (κ3) is 3.77. The van der Waals surface area contributed by atoms with Crippen LogP contribution in [0, 0.1) is 5.92 Å². The van der Waals surface area contributed by atoms with Gasteiger partial charge in [0.25, 0.3) is 11.8 Å². The third-order valence-corrected chi connectivity index (χ3v) is 6.05. The fourth-order valence-electron chi connectivity index (χ4n) is 4.04. The van der Waals surface area contributed by atoms with Crippen LogP contribution in [-0.4, -0.2) is 53.8 Å². The van der Waals surface area contributed by atoms with Crippen molar-refractivity contribution in [3.05, 3.63) is 71.9 Å². The van der Waals surface area contributed by atoms with Crippen molar-refractivity contribution >= 4 is 23.1 Å². The van der Waals surface area contributed by atoms with E-state index in [4.69, 9.17) is 0 Å². The van der Waals surface area contributed by atoms with Gasteiger partial charge in [0.15, 0.2) is 0 Å². The van der Waals surface area contributed by atoms with E-state index in [1.807, 2.05) is 53.6 Å². The Morgan fingerprint density at radius 2 is 1.60 bits per heavy atom. The summed E-state index contributed by atoms with van der Waals surface area (Å²) in [7, 11) is 0. The molecule has 0 radical (unpaired) electrons. The lowest BCUT2D eigenvalue weighted by Crippen LogP contribution is -2.49. The van der Waals surface area contributed by atoms with E-state index in [2.05, 4.69) is 26.8 Å². The van der Waals surface area contributed by atoms with Gasteiger partial charge in [0.05, 0.1) is 5.56 Å². The molecular formula is C24H26N4O2. The summed E-state index contributed by atoms with van der Waals surface area (Å²) >= 11 is 0. The standard InChI is InChI=1S/C24H26N4O2/c29-23(25-16-18-6-7-18)20-8-9-21-10-11-22(28(21)17-20)26-12-14-27(15-13-26)24(30)19-4-2-1-3-5-19/h1-5,8-11,17-18H,6-7,12-16H2,(H,25,29). The van der Waals surface area contributed by atoms with Crippen molar-refractivity contribution in [2.24, 2.45) is 5.92 Å². The molecule has 2 aliphatic rings. The Balaban J connectivity index is 1.28. The third-order valence-electron chi connectivity index (χ3n) is 6.05. The molecule has 154 valence electrons. The summed E-state index contributed by atoms with van der Waals surface area (Å²) in [5, 5.41) is 3.04. The summed E-state index contributed by atoms with van der Waals surface area (Å²) in [5.41, 5.74) is 2.48. The van der Waals surface area contributed by atoms with Crippen molar-refractivity contribution in [2.45, 2.75) is 12.8 Å². The van der Waals surface area contributed by atoms with Crippen molar-refractivity contribution in [2.75, 3.05) is 37.6 Å². The predicted octanol–water partition coefficient (Wildman–Crippen LogP) is 3.04. The zero-order valence-electron chi connectivity index (χ0n) is 17.0. The molecule has 5 rings (SSSR count). The van der Waals surface area contributed by atoms with Gasteiger partial charge < -0.3 is 19.5 Å². The molecule has 1 saturated heterocycles. The molecular weight excluding hydrogens is 376 g/mol. The number of fused-ring (bicyclic) bond motifs is 1. The summed E-state index contributed by atoms with van der Waals surface area (Å²) in [4.78, 5) is 29.4. The van der Waals surface area contributed by atoms with Crippen LogP contribution in [0.25, 0.3) is 5.52 Å². The first-order valence-corrected chi connectivity index (χ1v) is 10.7. The van der Waals surface area contributed by atoms with Crippen LogP contribution in [0.3, 0.4) is 0 Å². The number of carbonyl (C=O) groups is 2. The van der Waals surface area contributed by atoms with Crippen LogP contribution in [0.5, 0.6) is 0 Å². The number of pyridine rings is 1. The fraction of sp³-hybridized carbons (Fsp3) is 0.333. The number of hydrogen-bond donors (Lipinski definition) is 1. The highest BCUT2D eigenvalue weighted by Gasteiger charge is 2.24. The summed E-state index contributed by atoms with van der Waals surface area (Å²) < 4.78 is 2.08. The van der Waals surface area contributed by atoms with Crippen LogP contribution in [0.4, 0.5) is 5.82 Å². The predicted molar refractivity (Wildman–Crippen MR) is 117 cm³/mol. The van der Waals surface area contributed by atoms with Crippen molar-refractivity contribution in [1.29, 1.82) is 0 Å². The number of amides is 2. The molecule has 2 fully saturated rings. The molecule has 0 atom stereocenters. The van der Waals surface area contributed by atoms with E-state index in [9.17, 15) is 9.59 Å². The quantitative estimate of drug-likeness (QED) is 0.714. The van der Waals surface area contributed by atoms with Gasteiger partial charge in [0.1, 0.15) is 5.82 Å². The Labute approximate surface area is 176 Å². The molecule has 3 aromatic rings. The fourth-order valence-corrected chi connectivity index (χ4v) is 4.04. The number of hydrogen-bond acceptors (Lipinski definition) is 3. The summed E-state index contributed by atoms with van der Waals surface area (Å²) in [5.74, 6) is 1.80. The van der Waals surface area contributed by atoms with Gasteiger partial charge in [-0.15, -0.1) is 0 Å². The van der Waals surface area contributed by atoms with Crippen molar-refractivity contribution < 1.29 is 9.59 Å². The Kier molecular flexibility index (Phi) is 4.91. The monoisotopic (exact) mass is 402 g/mol. The van der Waals surface area contributed by atoms with E-state index in [0.717, 1.165) is 36.5 Å². The highest BCUT2D eigenvalue weighted by molar-refractivity contribution is 5.95. The van der Waals surface area contributed by atoms with Gasteiger partial charge in [-0.25, -0.2) is 0 Å². The van der Waals surface area contributed by atoms with Crippen LogP contribution in [0.1, 0.15) is 33.6 Å². The molecule has 0 spiro atoms. The topological polar surface area (TPSA) is 57.1 Å². The molecule has 6 nitrogen and oxygen atoms in total. The molecule has 3 heterocycles. The van der Waals surface area contributed by atoms with E-state index in [1.54, 1.807) is 0 Å². The number of nitrogens with zero attached hydrogens (tertiary/aromatic N) is 3. The lowest BCUT2D eigenvalue weighted by molar-refractivity contribution is 0.0746. The molecule has 1 saturated carbocycles. The molecule has 0 unspecified atom stereocenters. The van der Waals surface area contributed by atoms with Gasteiger partial charge in [-0.05, 0) is 55.2 Å². The van der Waals surface area contributed by atoms with Crippen LogP contribution in [0.2, 0.25) is 0 Å². The Morgan fingerprint density at radius 3 is 2.33 bits per heavy atom.